The minimum atomic E-state index is -0.138. The number of benzene rings is 2. The van der Waals surface area contributed by atoms with Crippen LogP contribution in [0.5, 0.6) is 0 Å². The molecule has 1 amide bonds. The highest BCUT2D eigenvalue weighted by atomic mass is 35.5. The third-order valence-corrected chi connectivity index (χ3v) is 6.36. The predicted octanol–water partition coefficient (Wildman–Crippen LogP) is 5.53. The number of amides is 1. The van der Waals surface area contributed by atoms with Gasteiger partial charge in [-0.25, -0.2) is 9.97 Å². The number of carbonyl (C=O) groups excluding carboxylic acids is 1. The molecule has 168 valence electrons. The number of anilines is 5. The van der Waals surface area contributed by atoms with E-state index < -0.39 is 0 Å². The van der Waals surface area contributed by atoms with Crippen LogP contribution in [0.4, 0.5) is 28.8 Å². The monoisotopic (exact) mass is 461 g/mol. The van der Waals surface area contributed by atoms with E-state index in [4.69, 9.17) is 11.6 Å². The third kappa shape index (κ3) is 3.98. The molecule has 0 fully saturated rings. The Hall–Kier alpha value is -3.65. The summed E-state index contributed by atoms with van der Waals surface area (Å²) in [6, 6.07) is 11.8. The summed E-state index contributed by atoms with van der Waals surface area (Å²) < 4.78 is 0. The summed E-state index contributed by atoms with van der Waals surface area (Å²) >= 11 is 6.47. The molecule has 2 aromatic heterocycles. The summed E-state index contributed by atoms with van der Waals surface area (Å²) in [6.07, 6.45) is 4.53. The van der Waals surface area contributed by atoms with Gasteiger partial charge in [0.2, 0.25) is 11.9 Å². The zero-order valence-corrected chi connectivity index (χ0v) is 19.4. The molecule has 0 spiro atoms. The lowest BCUT2D eigenvalue weighted by molar-refractivity contribution is -0.116. The maximum atomic E-state index is 12.1. The molecule has 3 heterocycles. The average molecular weight is 462 g/mol. The van der Waals surface area contributed by atoms with Crippen molar-refractivity contribution in [3.8, 4) is 0 Å². The number of carbonyl (C=O) groups is 1. The summed E-state index contributed by atoms with van der Waals surface area (Å²) in [5.41, 5.74) is 5.26. The number of hydrogen-bond acceptors (Lipinski definition) is 6. The van der Waals surface area contributed by atoms with Crippen molar-refractivity contribution in [2.75, 3.05) is 22.6 Å². The first-order chi connectivity index (χ1) is 15.8. The van der Waals surface area contributed by atoms with Crippen molar-refractivity contribution < 1.29 is 4.79 Å². The van der Waals surface area contributed by atoms with Crippen molar-refractivity contribution in [3.05, 3.63) is 59.5 Å². The molecule has 0 bridgehead atoms. The summed E-state index contributed by atoms with van der Waals surface area (Å²) in [5.74, 6) is 1.03. The normalized spacial score (nSPS) is 15.0. The molecule has 4 aromatic rings. The van der Waals surface area contributed by atoms with Crippen LogP contribution < -0.4 is 15.5 Å². The fourth-order valence-corrected chi connectivity index (χ4v) is 4.40. The Kier molecular flexibility index (Phi) is 5.17. The van der Waals surface area contributed by atoms with E-state index in [1.54, 1.807) is 12.5 Å². The second kappa shape index (κ2) is 8.04. The van der Waals surface area contributed by atoms with Gasteiger partial charge in [-0.3, -0.25) is 4.79 Å². The molecule has 5 rings (SSSR count). The predicted molar refractivity (Wildman–Crippen MR) is 132 cm³/mol. The number of aromatic nitrogens is 4. The zero-order valence-electron chi connectivity index (χ0n) is 18.6. The summed E-state index contributed by atoms with van der Waals surface area (Å²) in [7, 11) is 1.90. The van der Waals surface area contributed by atoms with Gasteiger partial charge < -0.3 is 20.5 Å². The van der Waals surface area contributed by atoms with Gasteiger partial charge in [0, 0.05) is 24.8 Å². The van der Waals surface area contributed by atoms with E-state index in [1.165, 1.54) is 0 Å². The van der Waals surface area contributed by atoms with E-state index in [2.05, 4.69) is 44.4 Å². The molecule has 8 nitrogen and oxygen atoms in total. The van der Waals surface area contributed by atoms with Gasteiger partial charge in [-0.1, -0.05) is 31.5 Å². The van der Waals surface area contributed by atoms with E-state index in [1.807, 2.05) is 48.3 Å². The molecule has 0 saturated heterocycles. The Morgan fingerprint density at radius 2 is 2.03 bits per heavy atom. The first kappa shape index (κ1) is 21.2. The third-order valence-electron chi connectivity index (χ3n) is 6.09. The van der Waals surface area contributed by atoms with Crippen LogP contribution in [0.2, 0.25) is 5.02 Å². The number of fused-ring (bicyclic) bond motifs is 2. The van der Waals surface area contributed by atoms with E-state index in [-0.39, 0.29) is 11.3 Å². The average Bonchev–Trinajstić information content (AvgIpc) is 3.24. The number of para-hydroxylation sites is 1. The molecule has 33 heavy (non-hydrogen) atoms. The second-order valence-electron chi connectivity index (χ2n) is 8.82. The van der Waals surface area contributed by atoms with Gasteiger partial charge in [0.05, 0.1) is 23.7 Å². The summed E-state index contributed by atoms with van der Waals surface area (Å²) in [4.78, 5) is 30.5. The van der Waals surface area contributed by atoms with Crippen LogP contribution in [-0.4, -0.2) is 32.9 Å². The van der Waals surface area contributed by atoms with Crippen molar-refractivity contribution >= 4 is 57.4 Å². The molecule has 1 aliphatic heterocycles. The van der Waals surface area contributed by atoms with Gasteiger partial charge in [0.1, 0.15) is 10.5 Å². The molecule has 1 aliphatic rings. The van der Waals surface area contributed by atoms with Crippen LogP contribution >= 0.6 is 11.6 Å². The Morgan fingerprint density at radius 1 is 1.18 bits per heavy atom. The Labute approximate surface area is 196 Å². The number of imidazole rings is 1. The molecule has 0 atom stereocenters. The van der Waals surface area contributed by atoms with Crippen molar-refractivity contribution in [1.29, 1.82) is 0 Å². The molecule has 9 heteroatoms. The van der Waals surface area contributed by atoms with Gasteiger partial charge in [-0.2, -0.15) is 4.98 Å². The lowest BCUT2D eigenvalue weighted by Gasteiger charge is -2.25. The van der Waals surface area contributed by atoms with Gasteiger partial charge in [-0.05, 0) is 47.7 Å². The van der Waals surface area contributed by atoms with Crippen LogP contribution in [0.15, 0.2) is 48.9 Å². The smallest absolute Gasteiger partial charge is 0.229 e. The SMILES string of the molecule is CN(c1nc(Nc2ccc3c(c2)C(C)(C)CCC(=O)N3)ncc1Cl)c1cccc2[nH]cnc12. The van der Waals surface area contributed by atoms with E-state index >= 15 is 0 Å². The van der Waals surface area contributed by atoms with Crippen LogP contribution in [-0.2, 0) is 10.2 Å². The minimum absolute atomic E-state index is 0.0446. The minimum Gasteiger partial charge on any atom is -0.345 e. The second-order valence-corrected chi connectivity index (χ2v) is 9.22. The van der Waals surface area contributed by atoms with Gasteiger partial charge in [0.25, 0.3) is 0 Å². The number of rotatable bonds is 4. The Bertz CT molecular complexity index is 1360. The van der Waals surface area contributed by atoms with Crippen LogP contribution in [0.1, 0.15) is 32.3 Å². The molecule has 0 unspecified atom stereocenters. The number of nitrogens with zero attached hydrogens (tertiary/aromatic N) is 4. The van der Waals surface area contributed by atoms with E-state index in [0.717, 1.165) is 40.1 Å². The molecule has 0 radical (unpaired) electrons. The fraction of sp³-hybridized carbons (Fsp3) is 0.250. The molecule has 2 aromatic carbocycles. The van der Waals surface area contributed by atoms with Crippen LogP contribution in [0.3, 0.4) is 0 Å². The van der Waals surface area contributed by atoms with Crippen molar-refractivity contribution in [1.82, 2.24) is 19.9 Å². The van der Waals surface area contributed by atoms with Crippen molar-refractivity contribution in [2.24, 2.45) is 0 Å². The molecule has 0 saturated carbocycles. The zero-order chi connectivity index (χ0) is 23.2. The molecular weight excluding hydrogens is 438 g/mol. The van der Waals surface area contributed by atoms with Gasteiger partial charge >= 0.3 is 0 Å². The number of hydrogen-bond donors (Lipinski definition) is 3. The van der Waals surface area contributed by atoms with Crippen molar-refractivity contribution in [2.45, 2.75) is 32.1 Å². The first-order valence-electron chi connectivity index (χ1n) is 10.7. The largest absolute Gasteiger partial charge is 0.345 e. The Balaban J connectivity index is 1.47. The summed E-state index contributed by atoms with van der Waals surface area (Å²) in [6.45, 7) is 4.30. The fourth-order valence-electron chi connectivity index (χ4n) is 4.18. The molecular formula is C24H24ClN7O. The molecule has 0 aliphatic carbocycles. The lowest BCUT2D eigenvalue weighted by atomic mass is 9.80. The highest BCUT2D eigenvalue weighted by Gasteiger charge is 2.29. The highest BCUT2D eigenvalue weighted by molar-refractivity contribution is 6.33. The van der Waals surface area contributed by atoms with Gasteiger partial charge in [-0.15, -0.1) is 0 Å². The first-order valence-corrected chi connectivity index (χ1v) is 11.1. The van der Waals surface area contributed by atoms with E-state index in [0.29, 0.717) is 23.2 Å². The number of H-pyrrole nitrogens is 1. The van der Waals surface area contributed by atoms with Crippen LogP contribution in [0.25, 0.3) is 11.0 Å². The maximum Gasteiger partial charge on any atom is 0.229 e. The lowest BCUT2D eigenvalue weighted by Crippen LogP contribution is -2.17. The number of nitrogens with one attached hydrogen (secondary N) is 3. The standard InChI is InChI=1S/C24H24ClN7O/c1-24(2)10-9-20(33)30-17-8-7-14(11-15(17)24)29-23-26-12-16(25)22(31-23)32(3)19-6-4-5-18-21(19)28-13-27-18/h4-8,11-13H,9-10H2,1-3H3,(H,27,28)(H,30,33)(H,26,29,31). The van der Waals surface area contributed by atoms with E-state index in [9.17, 15) is 4.79 Å². The van der Waals surface area contributed by atoms with Gasteiger partial charge in [0.15, 0.2) is 5.82 Å². The topological polar surface area (TPSA) is 98.8 Å². The van der Waals surface area contributed by atoms with Crippen LogP contribution in [0, 0.1) is 0 Å². The number of aromatic amines is 1. The summed E-state index contributed by atoms with van der Waals surface area (Å²) in [5, 5.41) is 6.72. The molecule has 3 N–H and O–H groups in total. The maximum absolute atomic E-state index is 12.1. The van der Waals surface area contributed by atoms with Crippen molar-refractivity contribution in [3.63, 3.8) is 0 Å². The number of halogens is 1. The highest BCUT2D eigenvalue weighted by Crippen LogP contribution is 2.39. The quantitative estimate of drug-likeness (QED) is 0.369. The Morgan fingerprint density at radius 3 is 2.88 bits per heavy atom.